The maximum Gasteiger partial charge on any atom is 0.328 e. The van der Waals surface area contributed by atoms with E-state index in [1.165, 1.54) is 18.4 Å². The average Bonchev–Trinajstić information content (AvgIpc) is 3.47. The van der Waals surface area contributed by atoms with Crippen molar-refractivity contribution >= 4 is 29.4 Å². The van der Waals surface area contributed by atoms with E-state index in [0.29, 0.717) is 30.6 Å². The lowest BCUT2D eigenvalue weighted by Gasteiger charge is -2.37. The summed E-state index contributed by atoms with van der Waals surface area (Å²) in [6, 6.07) is 4.98. The lowest BCUT2D eigenvalue weighted by atomic mass is 9.94. The predicted molar refractivity (Wildman–Crippen MR) is 135 cm³/mol. The van der Waals surface area contributed by atoms with Gasteiger partial charge in [-0.05, 0) is 50.7 Å². The van der Waals surface area contributed by atoms with Crippen LogP contribution in [0.25, 0.3) is 0 Å². The third-order valence-corrected chi connectivity index (χ3v) is 8.48. The molecule has 1 aliphatic carbocycles. The van der Waals surface area contributed by atoms with Gasteiger partial charge in [0.25, 0.3) is 11.8 Å². The molecule has 8 nitrogen and oxygen atoms in total. The predicted octanol–water partition coefficient (Wildman–Crippen LogP) is 3.78. The van der Waals surface area contributed by atoms with Gasteiger partial charge in [-0.2, -0.15) is 0 Å². The quantitative estimate of drug-likeness (QED) is 0.467. The Morgan fingerprint density at radius 3 is 2.33 bits per heavy atom. The van der Waals surface area contributed by atoms with Crippen LogP contribution in [0.3, 0.4) is 0 Å². The molecule has 36 heavy (non-hydrogen) atoms. The summed E-state index contributed by atoms with van der Waals surface area (Å²) in [7, 11) is 1.36. The molecule has 0 N–H and O–H groups in total. The van der Waals surface area contributed by atoms with Crippen molar-refractivity contribution < 1.29 is 23.9 Å². The minimum atomic E-state index is -0.504. The number of imide groups is 1. The van der Waals surface area contributed by atoms with Crippen molar-refractivity contribution in [3.8, 4) is 0 Å². The highest BCUT2D eigenvalue weighted by Crippen LogP contribution is 2.37. The van der Waals surface area contributed by atoms with Crippen molar-refractivity contribution in [3.05, 3.63) is 29.3 Å². The van der Waals surface area contributed by atoms with Crippen molar-refractivity contribution in [2.45, 2.75) is 82.7 Å². The standard InChI is InChI=1S/C28H37N3O5/c1-36-28(35)23-15-9-17-30(23)25(32)19-10-8-16-29(18-19)22-14-7-13-21-24(22)27(34)31(26(21)33)20-11-5-3-2-4-6-12-20/h7,13-14,19-20,23H,2-6,8-12,15-18H2,1H3/t19?,23-/m0/s1. The van der Waals surface area contributed by atoms with E-state index in [4.69, 9.17) is 4.74 Å². The smallest absolute Gasteiger partial charge is 0.328 e. The Hall–Kier alpha value is -2.90. The Kier molecular flexibility index (Phi) is 7.30. The van der Waals surface area contributed by atoms with Gasteiger partial charge in [-0.15, -0.1) is 0 Å². The molecule has 2 atom stereocenters. The van der Waals surface area contributed by atoms with Crippen molar-refractivity contribution in [2.75, 3.05) is 31.6 Å². The lowest BCUT2D eigenvalue weighted by Crippen LogP contribution is -2.48. The summed E-state index contributed by atoms with van der Waals surface area (Å²) in [5.41, 5.74) is 1.73. The van der Waals surface area contributed by atoms with E-state index in [2.05, 4.69) is 4.90 Å². The molecule has 2 saturated heterocycles. The first-order chi connectivity index (χ1) is 17.5. The summed E-state index contributed by atoms with van der Waals surface area (Å²) in [5.74, 6) is -0.986. The molecule has 8 heteroatoms. The summed E-state index contributed by atoms with van der Waals surface area (Å²) in [5, 5.41) is 0. The van der Waals surface area contributed by atoms with E-state index < -0.39 is 6.04 Å². The zero-order chi connectivity index (χ0) is 25.2. The van der Waals surface area contributed by atoms with Crippen LogP contribution in [0.1, 0.15) is 91.3 Å². The van der Waals surface area contributed by atoms with Crippen LogP contribution in [0, 0.1) is 5.92 Å². The fourth-order valence-electron chi connectivity index (χ4n) is 6.62. The van der Waals surface area contributed by atoms with Gasteiger partial charge in [0.05, 0.1) is 29.8 Å². The van der Waals surface area contributed by atoms with Gasteiger partial charge in [-0.25, -0.2) is 4.79 Å². The molecule has 3 amide bonds. The number of rotatable bonds is 4. The second-order valence-electron chi connectivity index (χ2n) is 10.7. The molecule has 0 radical (unpaired) electrons. The Labute approximate surface area is 212 Å². The van der Waals surface area contributed by atoms with Crippen LogP contribution in [0.2, 0.25) is 0 Å². The zero-order valence-electron chi connectivity index (χ0n) is 21.2. The number of amides is 3. The van der Waals surface area contributed by atoms with Crippen molar-refractivity contribution in [1.29, 1.82) is 0 Å². The molecule has 0 aromatic heterocycles. The number of piperidine rings is 1. The molecular weight excluding hydrogens is 458 g/mol. The maximum absolute atomic E-state index is 13.7. The van der Waals surface area contributed by atoms with E-state index in [1.807, 2.05) is 12.1 Å². The molecule has 3 aliphatic heterocycles. The van der Waals surface area contributed by atoms with E-state index in [-0.39, 0.29) is 35.7 Å². The number of fused-ring (bicyclic) bond motifs is 1. The maximum atomic E-state index is 13.7. The molecule has 1 aromatic carbocycles. The number of carbonyl (C=O) groups is 4. The van der Waals surface area contributed by atoms with Crippen LogP contribution in [0.4, 0.5) is 5.69 Å². The van der Waals surface area contributed by atoms with Gasteiger partial charge in [0.2, 0.25) is 5.91 Å². The van der Waals surface area contributed by atoms with Crippen LogP contribution in [-0.4, -0.2) is 72.3 Å². The van der Waals surface area contributed by atoms with Crippen LogP contribution in [0.15, 0.2) is 18.2 Å². The molecule has 1 aromatic rings. The monoisotopic (exact) mass is 495 g/mol. The molecule has 0 spiro atoms. The third-order valence-electron chi connectivity index (χ3n) is 8.48. The zero-order valence-corrected chi connectivity index (χ0v) is 21.2. The number of hydrogen-bond acceptors (Lipinski definition) is 6. The Bertz CT molecular complexity index is 1030. The van der Waals surface area contributed by atoms with Crippen LogP contribution in [-0.2, 0) is 14.3 Å². The van der Waals surface area contributed by atoms with Gasteiger partial charge in [-0.3, -0.25) is 19.3 Å². The third kappa shape index (κ3) is 4.50. The first kappa shape index (κ1) is 24.8. The number of esters is 1. The van der Waals surface area contributed by atoms with E-state index in [9.17, 15) is 19.2 Å². The normalized spacial score (nSPS) is 25.5. The van der Waals surface area contributed by atoms with E-state index >= 15 is 0 Å². The van der Waals surface area contributed by atoms with Gasteiger partial charge in [-0.1, -0.05) is 38.2 Å². The summed E-state index contributed by atoms with van der Waals surface area (Å²) >= 11 is 0. The number of benzene rings is 1. The molecule has 0 bridgehead atoms. The van der Waals surface area contributed by atoms with Crippen LogP contribution < -0.4 is 4.90 Å². The fraction of sp³-hybridized carbons (Fsp3) is 0.643. The second kappa shape index (κ2) is 10.6. The SMILES string of the molecule is COC(=O)[C@@H]1CCCN1C(=O)C1CCCN(c2cccc3c2C(=O)N(C2CCCCCCC2)C3=O)C1. The second-order valence-corrected chi connectivity index (χ2v) is 10.7. The molecule has 5 rings (SSSR count). The summed E-state index contributed by atoms with van der Waals surface area (Å²) < 4.78 is 4.92. The number of carbonyl (C=O) groups excluding carboxylic acids is 4. The van der Waals surface area contributed by atoms with E-state index in [0.717, 1.165) is 70.0 Å². The highest BCUT2D eigenvalue weighted by atomic mass is 16.5. The Morgan fingerprint density at radius 1 is 0.861 bits per heavy atom. The van der Waals surface area contributed by atoms with Crippen LogP contribution >= 0.6 is 0 Å². The number of nitrogens with zero attached hydrogens (tertiary/aromatic N) is 3. The number of hydrogen-bond donors (Lipinski definition) is 0. The lowest BCUT2D eigenvalue weighted by molar-refractivity contribution is -0.152. The number of likely N-dealkylation sites (tertiary alicyclic amines) is 1. The average molecular weight is 496 g/mol. The van der Waals surface area contributed by atoms with Gasteiger partial charge < -0.3 is 14.5 Å². The molecule has 3 fully saturated rings. The van der Waals surface area contributed by atoms with E-state index in [1.54, 1.807) is 11.0 Å². The minimum absolute atomic E-state index is 0.0151. The summed E-state index contributed by atoms with van der Waals surface area (Å²) in [6.45, 7) is 1.77. The number of methoxy groups -OCH3 is 1. The fourth-order valence-corrected chi connectivity index (χ4v) is 6.62. The summed E-state index contributed by atoms with van der Waals surface area (Å²) in [6.07, 6.45) is 10.4. The highest BCUT2D eigenvalue weighted by molar-refractivity contribution is 6.24. The number of ether oxygens (including phenoxy) is 1. The van der Waals surface area contributed by atoms with Gasteiger partial charge >= 0.3 is 5.97 Å². The molecule has 3 heterocycles. The van der Waals surface area contributed by atoms with Crippen molar-refractivity contribution in [1.82, 2.24) is 9.80 Å². The molecule has 194 valence electrons. The van der Waals surface area contributed by atoms with Crippen molar-refractivity contribution in [3.63, 3.8) is 0 Å². The molecule has 1 saturated carbocycles. The highest BCUT2D eigenvalue weighted by Gasteiger charge is 2.43. The number of anilines is 1. The van der Waals surface area contributed by atoms with Gasteiger partial charge in [0.15, 0.2) is 0 Å². The van der Waals surface area contributed by atoms with Gasteiger partial charge in [0, 0.05) is 25.7 Å². The molecular formula is C28H37N3O5. The van der Waals surface area contributed by atoms with Crippen LogP contribution in [0.5, 0.6) is 0 Å². The molecule has 1 unspecified atom stereocenters. The Balaban J connectivity index is 1.36. The Morgan fingerprint density at radius 2 is 1.58 bits per heavy atom. The minimum Gasteiger partial charge on any atom is -0.467 e. The topological polar surface area (TPSA) is 87.2 Å². The summed E-state index contributed by atoms with van der Waals surface area (Å²) in [4.78, 5) is 58.0. The first-order valence-electron chi connectivity index (χ1n) is 13.7. The van der Waals surface area contributed by atoms with Gasteiger partial charge in [0.1, 0.15) is 6.04 Å². The first-order valence-corrected chi connectivity index (χ1v) is 13.7. The van der Waals surface area contributed by atoms with Crippen molar-refractivity contribution in [2.24, 2.45) is 5.92 Å². The molecule has 4 aliphatic rings. The largest absolute Gasteiger partial charge is 0.467 e.